The molecule has 0 fully saturated rings. The third-order valence-electron chi connectivity index (χ3n) is 5.82. The number of aryl methyl sites for hydroxylation is 2. The van der Waals surface area contributed by atoms with Gasteiger partial charge in [0.15, 0.2) is 11.2 Å². The van der Waals surface area contributed by atoms with Gasteiger partial charge in [0.05, 0.1) is 31.1 Å². The van der Waals surface area contributed by atoms with Gasteiger partial charge in [-0.25, -0.2) is 15.2 Å². The van der Waals surface area contributed by atoms with Gasteiger partial charge in [0.2, 0.25) is 5.95 Å². The number of hydrazone groups is 1. The van der Waals surface area contributed by atoms with Crippen molar-refractivity contribution in [3.05, 3.63) is 92.8 Å². The first-order valence-corrected chi connectivity index (χ1v) is 10.9. The summed E-state index contributed by atoms with van der Waals surface area (Å²) in [5.74, 6) is 1.09. The van der Waals surface area contributed by atoms with E-state index < -0.39 is 11.2 Å². The summed E-state index contributed by atoms with van der Waals surface area (Å²) < 4.78 is 9.42. The van der Waals surface area contributed by atoms with Crippen LogP contribution in [0.4, 0.5) is 5.95 Å². The van der Waals surface area contributed by atoms with Crippen molar-refractivity contribution in [3.63, 3.8) is 0 Å². The van der Waals surface area contributed by atoms with Crippen LogP contribution in [0.25, 0.3) is 22.1 Å². The standard InChI is InChI=1S/C25H23N7O3/c1-30-21-22(31(2)25(34)32(23(21)33)15-16-7-5-4-6-8-16)28-24(30)29-26-14-18-10-9-17-13-19(35-3)11-12-20(17)27-18/h4-14H,15H2,1-3H3,(H,28,29). The molecular weight excluding hydrogens is 446 g/mol. The first-order chi connectivity index (χ1) is 17.0. The summed E-state index contributed by atoms with van der Waals surface area (Å²) in [4.78, 5) is 35.1. The highest BCUT2D eigenvalue weighted by Gasteiger charge is 2.18. The number of methoxy groups -OCH3 is 1. The van der Waals surface area contributed by atoms with Crippen molar-refractivity contribution >= 4 is 34.2 Å². The second kappa shape index (κ2) is 8.90. The molecule has 0 radical (unpaired) electrons. The molecule has 176 valence electrons. The zero-order valence-electron chi connectivity index (χ0n) is 19.5. The van der Waals surface area contributed by atoms with E-state index in [-0.39, 0.29) is 12.2 Å². The second-order valence-electron chi connectivity index (χ2n) is 8.05. The molecule has 10 heteroatoms. The maximum Gasteiger partial charge on any atom is 0.332 e. The molecule has 0 unspecified atom stereocenters. The van der Waals surface area contributed by atoms with Crippen LogP contribution in [0.2, 0.25) is 0 Å². The number of aromatic nitrogens is 5. The average Bonchev–Trinajstić information content (AvgIpc) is 3.21. The fourth-order valence-electron chi connectivity index (χ4n) is 3.92. The average molecular weight is 470 g/mol. The van der Waals surface area contributed by atoms with E-state index in [1.54, 1.807) is 32.0 Å². The van der Waals surface area contributed by atoms with Gasteiger partial charge in [-0.3, -0.25) is 13.9 Å². The lowest BCUT2D eigenvalue weighted by molar-refractivity contribution is 0.415. The number of anilines is 1. The molecule has 5 rings (SSSR count). The molecular formula is C25H23N7O3. The summed E-state index contributed by atoms with van der Waals surface area (Å²) in [7, 11) is 4.92. The Kier molecular flexibility index (Phi) is 5.61. The highest BCUT2D eigenvalue weighted by molar-refractivity contribution is 5.86. The SMILES string of the molecule is COc1ccc2nc(C=NNc3nc4c(c(=O)n(Cc5ccccc5)c(=O)n4C)n3C)ccc2c1. The third-order valence-corrected chi connectivity index (χ3v) is 5.82. The lowest BCUT2D eigenvalue weighted by atomic mass is 10.2. The Morgan fingerprint density at radius 1 is 1.00 bits per heavy atom. The molecule has 3 aromatic heterocycles. The summed E-state index contributed by atoms with van der Waals surface area (Å²) in [6.07, 6.45) is 1.57. The van der Waals surface area contributed by atoms with E-state index in [0.717, 1.165) is 22.2 Å². The van der Waals surface area contributed by atoms with Gasteiger partial charge in [-0.2, -0.15) is 10.1 Å². The summed E-state index contributed by atoms with van der Waals surface area (Å²) >= 11 is 0. The van der Waals surface area contributed by atoms with E-state index in [4.69, 9.17) is 4.74 Å². The second-order valence-corrected chi connectivity index (χ2v) is 8.05. The highest BCUT2D eigenvalue weighted by Crippen LogP contribution is 2.19. The summed E-state index contributed by atoms with van der Waals surface area (Å²) in [5, 5.41) is 5.19. The predicted octanol–water partition coefficient (Wildman–Crippen LogP) is 2.48. The lowest BCUT2D eigenvalue weighted by Crippen LogP contribution is -2.39. The Hall–Kier alpha value is -4.73. The Labute approximate surface area is 199 Å². The van der Waals surface area contributed by atoms with Crippen LogP contribution in [0.5, 0.6) is 5.75 Å². The molecule has 10 nitrogen and oxygen atoms in total. The Bertz CT molecular complexity index is 1700. The van der Waals surface area contributed by atoms with Gasteiger partial charge in [0.1, 0.15) is 5.75 Å². The minimum atomic E-state index is -0.434. The molecule has 3 heterocycles. The molecule has 0 aliphatic carbocycles. The molecule has 0 bridgehead atoms. The molecule has 0 atom stereocenters. The van der Waals surface area contributed by atoms with Crippen molar-refractivity contribution in [2.75, 3.05) is 12.5 Å². The minimum Gasteiger partial charge on any atom is -0.497 e. The molecule has 0 saturated carbocycles. The van der Waals surface area contributed by atoms with E-state index in [1.807, 2.05) is 60.7 Å². The molecule has 0 spiro atoms. The topological polar surface area (TPSA) is 108 Å². The van der Waals surface area contributed by atoms with Crippen LogP contribution in [0.15, 0.2) is 75.4 Å². The summed E-state index contributed by atoms with van der Waals surface area (Å²) in [6.45, 7) is 0.174. The van der Waals surface area contributed by atoms with Crippen molar-refractivity contribution in [1.29, 1.82) is 0 Å². The van der Waals surface area contributed by atoms with E-state index in [0.29, 0.717) is 17.2 Å². The fourth-order valence-corrected chi connectivity index (χ4v) is 3.92. The predicted molar refractivity (Wildman–Crippen MR) is 135 cm³/mol. The van der Waals surface area contributed by atoms with E-state index >= 15 is 0 Å². The van der Waals surface area contributed by atoms with Gasteiger partial charge in [-0.1, -0.05) is 36.4 Å². The van der Waals surface area contributed by atoms with Crippen LogP contribution in [-0.2, 0) is 20.6 Å². The number of imidazole rings is 1. The van der Waals surface area contributed by atoms with Crippen molar-refractivity contribution in [3.8, 4) is 5.75 Å². The van der Waals surface area contributed by atoms with Gasteiger partial charge in [-0.05, 0) is 29.8 Å². The number of nitrogens with one attached hydrogen (secondary N) is 1. The maximum absolute atomic E-state index is 13.2. The fraction of sp³-hybridized carbons (Fsp3) is 0.160. The molecule has 0 amide bonds. The third kappa shape index (κ3) is 4.05. The van der Waals surface area contributed by atoms with Gasteiger partial charge >= 0.3 is 5.69 Å². The van der Waals surface area contributed by atoms with Crippen LogP contribution >= 0.6 is 0 Å². The number of benzene rings is 2. The number of hydrogen-bond donors (Lipinski definition) is 1. The van der Waals surface area contributed by atoms with Gasteiger partial charge in [0.25, 0.3) is 5.56 Å². The van der Waals surface area contributed by atoms with Gasteiger partial charge < -0.3 is 9.30 Å². The van der Waals surface area contributed by atoms with Crippen LogP contribution < -0.4 is 21.4 Å². The zero-order chi connectivity index (χ0) is 24.5. The number of pyridine rings is 1. The largest absolute Gasteiger partial charge is 0.497 e. The number of rotatable bonds is 6. The number of ether oxygens (including phenoxy) is 1. The summed E-state index contributed by atoms with van der Waals surface area (Å²) in [6, 6.07) is 18.8. The van der Waals surface area contributed by atoms with Crippen molar-refractivity contribution in [2.45, 2.75) is 6.54 Å². The lowest BCUT2D eigenvalue weighted by Gasteiger charge is -2.08. The molecule has 0 aliphatic rings. The number of nitrogens with zero attached hydrogens (tertiary/aromatic N) is 6. The van der Waals surface area contributed by atoms with Crippen LogP contribution in [0.1, 0.15) is 11.3 Å². The van der Waals surface area contributed by atoms with Crippen molar-refractivity contribution in [2.24, 2.45) is 19.2 Å². The smallest absolute Gasteiger partial charge is 0.332 e. The Morgan fingerprint density at radius 3 is 2.57 bits per heavy atom. The Balaban J connectivity index is 1.46. The molecule has 0 aliphatic heterocycles. The van der Waals surface area contributed by atoms with E-state index in [1.165, 1.54) is 9.13 Å². The zero-order valence-corrected chi connectivity index (χ0v) is 19.5. The quantitative estimate of drug-likeness (QED) is 0.302. The van der Waals surface area contributed by atoms with E-state index in [9.17, 15) is 9.59 Å². The van der Waals surface area contributed by atoms with Crippen molar-refractivity contribution in [1.82, 2.24) is 23.7 Å². The van der Waals surface area contributed by atoms with E-state index in [2.05, 4.69) is 20.5 Å². The van der Waals surface area contributed by atoms with Crippen LogP contribution in [-0.4, -0.2) is 37.0 Å². The Morgan fingerprint density at radius 2 is 1.80 bits per heavy atom. The number of hydrogen-bond acceptors (Lipinski definition) is 7. The molecule has 2 aromatic carbocycles. The highest BCUT2D eigenvalue weighted by atomic mass is 16.5. The van der Waals surface area contributed by atoms with Gasteiger partial charge in [0, 0.05) is 19.5 Å². The molecule has 5 aromatic rings. The summed E-state index contributed by atoms with van der Waals surface area (Å²) in [5.41, 5.74) is 4.91. The van der Waals surface area contributed by atoms with Crippen LogP contribution in [0.3, 0.4) is 0 Å². The molecule has 35 heavy (non-hydrogen) atoms. The van der Waals surface area contributed by atoms with Crippen molar-refractivity contribution < 1.29 is 4.74 Å². The van der Waals surface area contributed by atoms with Gasteiger partial charge in [-0.15, -0.1) is 0 Å². The molecule has 0 saturated heterocycles. The van der Waals surface area contributed by atoms with Crippen LogP contribution in [0, 0.1) is 0 Å². The first-order valence-electron chi connectivity index (χ1n) is 10.9. The monoisotopic (exact) mass is 469 g/mol. The minimum absolute atomic E-state index is 0.174. The maximum atomic E-state index is 13.2. The normalized spacial score (nSPS) is 11.5. The molecule has 1 N–H and O–H groups in total. The number of fused-ring (bicyclic) bond motifs is 2. The first kappa shape index (κ1) is 22.1.